The summed E-state index contributed by atoms with van der Waals surface area (Å²) in [5, 5.41) is 10.6. The van der Waals surface area contributed by atoms with Gasteiger partial charge in [-0.15, -0.1) is 0 Å². The smallest absolute Gasteiger partial charge is 0.255 e. The Morgan fingerprint density at radius 1 is 1.38 bits per heavy atom. The number of carbonyl (C=O) groups excluding carboxylic acids is 1. The Bertz CT molecular complexity index is 349. The fourth-order valence-corrected chi connectivity index (χ4v) is 0.827. The van der Waals surface area contributed by atoms with Gasteiger partial charge in [0.05, 0.1) is 6.07 Å². The fourth-order valence-electron chi connectivity index (χ4n) is 0.827. The van der Waals surface area contributed by atoms with Gasteiger partial charge < -0.3 is 5.32 Å². The fraction of sp³-hybridized carbons (Fsp3) is 0. The van der Waals surface area contributed by atoms with E-state index in [9.17, 15) is 4.79 Å². The van der Waals surface area contributed by atoms with Crippen molar-refractivity contribution in [2.24, 2.45) is 0 Å². The summed E-state index contributed by atoms with van der Waals surface area (Å²) >= 11 is 0. The maximum Gasteiger partial charge on any atom is 0.255 e. The highest BCUT2D eigenvalue weighted by molar-refractivity contribution is 5.94. The van der Waals surface area contributed by atoms with Crippen molar-refractivity contribution in [1.29, 1.82) is 5.26 Å². The van der Waals surface area contributed by atoms with Crippen molar-refractivity contribution in [3.63, 3.8) is 0 Å². The summed E-state index contributed by atoms with van der Waals surface area (Å²) in [6.45, 7) is 0. The first-order valence-corrected chi connectivity index (χ1v) is 3.75. The first kappa shape index (κ1) is 9.01. The molecular weight excluding hydrogens is 164 g/mol. The number of amides is 1. The van der Waals surface area contributed by atoms with Crippen LogP contribution in [-0.4, -0.2) is 5.91 Å². The van der Waals surface area contributed by atoms with Gasteiger partial charge in [-0.2, -0.15) is 5.26 Å². The number of hydrogen-bond acceptors (Lipinski definition) is 2. The molecule has 1 amide bonds. The molecule has 1 rings (SSSR count). The molecular formula is C10H8N2O. The molecule has 0 aliphatic rings. The molecule has 0 unspecified atom stereocenters. The quantitative estimate of drug-likeness (QED) is 0.686. The van der Waals surface area contributed by atoms with E-state index in [1.807, 2.05) is 6.07 Å². The number of nitrogens with one attached hydrogen (secondary N) is 1. The Morgan fingerprint density at radius 2 is 2.08 bits per heavy atom. The molecule has 0 aliphatic carbocycles. The average molecular weight is 172 g/mol. The monoisotopic (exact) mass is 172 g/mol. The third kappa shape index (κ3) is 2.80. The predicted molar refractivity (Wildman–Crippen MR) is 48.7 cm³/mol. The highest BCUT2D eigenvalue weighted by Gasteiger charge is 1.99. The largest absolute Gasteiger partial charge is 0.328 e. The molecule has 0 heterocycles. The van der Waals surface area contributed by atoms with Crippen LogP contribution >= 0.6 is 0 Å². The second kappa shape index (κ2) is 4.73. The molecule has 13 heavy (non-hydrogen) atoms. The predicted octanol–water partition coefficient (Wildman–Crippen LogP) is 1.45. The number of allylic oxidation sites excluding steroid dienone is 1. The van der Waals surface area contributed by atoms with Gasteiger partial charge in [0.15, 0.2) is 0 Å². The van der Waals surface area contributed by atoms with Gasteiger partial charge in [0.2, 0.25) is 0 Å². The number of carbonyl (C=O) groups is 1. The van der Waals surface area contributed by atoms with Crippen molar-refractivity contribution in [1.82, 2.24) is 5.32 Å². The van der Waals surface area contributed by atoms with Crippen LogP contribution in [0, 0.1) is 11.3 Å². The summed E-state index contributed by atoms with van der Waals surface area (Å²) in [6.07, 6.45) is 2.52. The van der Waals surface area contributed by atoms with Crippen LogP contribution in [0.1, 0.15) is 10.4 Å². The first-order valence-electron chi connectivity index (χ1n) is 3.75. The van der Waals surface area contributed by atoms with E-state index in [0.29, 0.717) is 5.56 Å². The molecule has 1 aromatic rings. The highest BCUT2D eigenvalue weighted by Crippen LogP contribution is 1.97. The Hall–Kier alpha value is -2.08. The molecule has 3 nitrogen and oxygen atoms in total. The second-order valence-electron chi connectivity index (χ2n) is 2.30. The molecule has 0 spiro atoms. The zero-order valence-electron chi connectivity index (χ0n) is 6.90. The van der Waals surface area contributed by atoms with Crippen LogP contribution in [0.5, 0.6) is 0 Å². The van der Waals surface area contributed by atoms with E-state index in [1.165, 1.54) is 12.3 Å². The van der Waals surface area contributed by atoms with Crippen LogP contribution in [0.4, 0.5) is 0 Å². The Kier molecular flexibility index (Phi) is 3.28. The van der Waals surface area contributed by atoms with Crippen LogP contribution in [0.3, 0.4) is 0 Å². The summed E-state index contributed by atoms with van der Waals surface area (Å²) in [7, 11) is 0. The summed E-state index contributed by atoms with van der Waals surface area (Å²) in [6, 6.07) is 10.6. The molecule has 0 radical (unpaired) electrons. The standard InChI is InChI=1S/C10H8N2O/c11-7-4-8-12-10(13)9-5-2-1-3-6-9/h1-6,8H,(H,12,13). The normalized spacial score (nSPS) is 9.46. The molecule has 1 N–H and O–H groups in total. The van der Waals surface area contributed by atoms with Gasteiger partial charge in [0, 0.05) is 17.8 Å². The van der Waals surface area contributed by atoms with E-state index < -0.39 is 0 Å². The van der Waals surface area contributed by atoms with E-state index >= 15 is 0 Å². The zero-order chi connectivity index (χ0) is 9.52. The van der Waals surface area contributed by atoms with Gasteiger partial charge in [-0.3, -0.25) is 4.79 Å². The lowest BCUT2D eigenvalue weighted by molar-refractivity contribution is 0.0970. The molecule has 0 fully saturated rings. The number of benzene rings is 1. The van der Waals surface area contributed by atoms with Gasteiger partial charge in [-0.1, -0.05) is 18.2 Å². The van der Waals surface area contributed by atoms with Gasteiger partial charge in [-0.05, 0) is 12.1 Å². The van der Waals surface area contributed by atoms with Crippen molar-refractivity contribution < 1.29 is 4.79 Å². The van der Waals surface area contributed by atoms with Crippen LogP contribution in [0.15, 0.2) is 42.6 Å². The minimum absolute atomic E-state index is 0.216. The molecule has 3 heteroatoms. The van der Waals surface area contributed by atoms with E-state index in [0.717, 1.165) is 0 Å². The van der Waals surface area contributed by atoms with Gasteiger partial charge >= 0.3 is 0 Å². The number of rotatable bonds is 2. The molecule has 0 saturated heterocycles. The van der Waals surface area contributed by atoms with Crippen molar-refractivity contribution in [3.05, 3.63) is 48.2 Å². The second-order valence-corrected chi connectivity index (χ2v) is 2.30. The van der Waals surface area contributed by atoms with Crippen molar-refractivity contribution in [2.75, 3.05) is 0 Å². The first-order chi connectivity index (χ1) is 6.34. The van der Waals surface area contributed by atoms with E-state index in [4.69, 9.17) is 5.26 Å². The maximum atomic E-state index is 11.2. The SMILES string of the molecule is N#CC=CNC(=O)c1ccccc1. The molecule has 0 atom stereocenters. The minimum atomic E-state index is -0.216. The third-order valence-electron chi connectivity index (χ3n) is 1.41. The lowest BCUT2D eigenvalue weighted by Gasteiger charge is -1.97. The molecule has 1 aromatic carbocycles. The summed E-state index contributed by atoms with van der Waals surface area (Å²) in [5.41, 5.74) is 0.574. The average Bonchev–Trinajstić information content (AvgIpc) is 2.19. The van der Waals surface area contributed by atoms with Gasteiger partial charge in [-0.25, -0.2) is 0 Å². The van der Waals surface area contributed by atoms with Gasteiger partial charge in [0.25, 0.3) is 5.91 Å². The van der Waals surface area contributed by atoms with Crippen LogP contribution < -0.4 is 5.32 Å². The molecule has 64 valence electrons. The van der Waals surface area contributed by atoms with E-state index in [1.54, 1.807) is 30.3 Å². The molecule has 0 aromatic heterocycles. The van der Waals surface area contributed by atoms with Crippen LogP contribution in [0.2, 0.25) is 0 Å². The summed E-state index contributed by atoms with van der Waals surface area (Å²) < 4.78 is 0. The third-order valence-corrected chi connectivity index (χ3v) is 1.41. The Balaban J connectivity index is 2.61. The van der Waals surface area contributed by atoms with E-state index in [-0.39, 0.29) is 5.91 Å². The summed E-state index contributed by atoms with van der Waals surface area (Å²) in [5.74, 6) is -0.216. The molecule has 0 aliphatic heterocycles. The van der Waals surface area contributed by atoms with Crippen LogP contribution in [0.25, 0.3) is 0 Å². The topological polar surface area (TPSA) is 52.9 Å². The lowest BCUT2D eigenvalue weighted by Crippen LogP contribution is -2.16. The lowest BCUT2D eigenvalue weighted by atomic mass is 10.2. The van der Waals surface area contributed by atoms with E-state index in [2.05, 4.69) is 5.32 Å². The maximum absolute atomic E-state index is 11.2. The van der Waals surface area contributed by atoms with Crippen molar-refractivity contribution in [2.45, 2.75) is 0 Å². The number of hydrogen-bond donors (Lipinski definition) is 1. The van der Waals surface area contributed by atoms with Crippen molar-refractivity contribution >= 4 is 5.91 Å². The van der Waals surface area contributed by atoms with Gasteiger partial charge in [0.1, 0.15) is 0 Å². The number of nitriles is 1. The van der Waals surface area contributed by atoms with Crippen molar-refractivity contribution in [3.8, 4) is 6.07 Å². The highest BCUT2D eigenvalue weighted by atomic mass is 16.1. The molecule has 0 saturated carbocycles. The molecule has 0 bridgehead atoms. The Labute approximate surface area is 76.3 Å². The summed E-state index contributed by atoms with van der Waals surface area (Å²) in [4.78, 5) is 11.2. The minimum Gasteiger partial charge on any atom is -0.328 e. The zero-order valence-corrected chi connectivity index (χ0v) is 6.90. The van der Waals surface area contributed by atoms with Crippen LogP contribution in [-0.2, 0) is 0 Å². The number of nitrogens with zero attached hydrogens (tertiary/aromatic N) is 1. The Morgan fingerprint density at radius 3 is 2.69 bits per heavy atom.